The third kappa shape index (κ3) is 3.31. The molecule has 0 saturated heterocycles. The zero-order valence-corrected chi connectivity index (χ0v) is 13.9. The quantitative estimate of drug-likeness (QED) is 0.571. The molecule has 0 amide bonds. The van der Waals surface area contributed by atoms with Crippen LogP contribution >= 0.6 is 0 Å². The van der Waals surface area contributed by atoms with Crippen molar-refractivity contribution in [3.63, 3.8) is 0 Å². The number of nitrogens with two attached hydrogens (primary N) is 2. The Bertz CT molecular complexity index is 1140. The van der Waals surface area contributed by atoms with E-state index in [0.717, 1.165) is 21.9 Å². The Morgan fingerprint density at radius 1 is 0.963 bits per heavy atom. The van der Waals surface area contributed by atoms with Gasteiger partial charge in [-0.2, -0.15) is 4.98 Å². The summed E-state index contributed by atoms with van der Waals surface area (Å²) < 4.78 is 42.6. The SMILES string of the molecule is Nc1nc(N)c2c(ccc3c2ccn3Cc2ccc(OC(F)(F)F)cc2)n1. The van der Waals surface area contributed by atoms with Gasteiger partial charge in [0.1, 0.15) is 11.6 Å². The Morgan fingerprint density at radius 2 is 1.70 bits per heavy atom. The minimum atomic E-state index is -4.70. The molecule has 0 aliphatic heterocycles. The number of nitrogen functional groups attached to an aromatic ring is 2. The summed E-state index contributed by atoms with van der Waals surface area (Å²) >= 11 is 0. The minimum absolute atomic E-state index is 0.111. The van der Waals surface area contributed by atoms with Crippen molar-refractivity contribution in [1.82, 2.24) is 14.5 Å². The van der Waals surface area contributed by atoms with Crippen LogP contribution in [-0.2, 0) is 6.54 Å². The normalized spacial score (nSPS) is 12.0. The summed E-state index contributed by atoms with van der Waals surface area (Å²) in [5, 5.41) is 1.59. The van der Waals surface area contributed by atoms with E-state index >= 15 is 0 Å². The van der Waals surface area contributed by atoms with Crippen molar-refractivity contribution in [3.8, 4) is 5.75 Å². The third-order valence-electron chi connectivity index (χ3n) is 4.17. The van der Waals surface area contributed by atoms with Crippen LogP contribution in [0.25, 0.3) is 21.8 Å². The van der Waals surface area contributed by atoms with Crippen molar-refractivity contribution < 1.29 is 17.9 Å². The Labute approximate surface area is 151 Å². The molecule has 6 nitrogen and oxygen atoms in total. The van der Waals surface area contributed by atoms with E-state index in [1.807, 2.05) is 29.0 Å². The second-order valence-electron chi connectivity index (χ2n) is 5.99. The van der Waals surface area contributed by atoms with Gasteiger partial charge in [-0.3, -0.25) is 0 Å². The Balaban J connectivity index is 1.68. The second kappa shape index (κ2) is 6.04. The van der Waals surface area contributed by atoms with Crippen LogP contribution in [0.5, 0.6) is 5.75 Å². The van der Waals surface area contributed by atoms with Crippen LogP contribution in [0.1, 0.15) is 5.56 Å². The van der Waals surface area contributed by atoms with Gasteiger partial charge < -0.3 is 20.8 Å². The Kier molecular flexibility index (Phi) is 3.79. The fourth-order valence-electron chi connectivity index (χ4n) is 3.08. The third-order valence-corrected chi connectivity index (χ3v) is 4.17. The van der Waals surface area contributed by atoms with E-state index in [-0.39, 0.29) is 11.7 Å². The summed E-state index contributed by atoms with van der Waals surface area (Å²) in [4.78, 5) is 8.20. The molecule has 0 atom stereocenters. The van der Waals surface area contributed by atoms with Crippen LogP contribution < -0.4 is 16.2 Å². The topological polar surface area (TPSA) is 92.0 Å². The van der Waals surface area contributed by atoms with Crippen LogP contribution in [0.2, 0.25) is 0 Å². The molecular weight excluding hydrogens is 359 g/mol. The number of alkyl halides is 3. The molecule has 4 rings (SSSR count). The van der Waals surface area contributed by atoms with Crippen LogP contribution in [-0.4, -0.2) is 20.9 Å². The highest BCUT2D eigenvalue weighted by molar-refractivity contribution is 6.10. The summed E-state index contributed by atoms with van der Waals surface area (Å²) in [5.41, 5.74) is 14.0. The van der Waals surface area contributed by atoms with E-state index < -0.39 is 6.36 Å². The first-order chi connectivity index (χ1) is 12.8. The lowest BCUT2D eigenvalue weighted by Crippen LogP contribution is -2.17. The summed E-state index contributed by atoms with van der Waals surface area (Å²) in [7, 11) is 0. The maximum Gasteiger partial charge on any atom is 0.573 e. The van der Waals surface area contributed by atoms with Gasteiger partial charge in [0.15, 0.2) is 0 Å². The molecule has 0 aliphatic carbocycles. The lowest BCUT2D eigenvalue weighted by atomic mass is 10.1. The van der Waals surface area contributed by atoms with Gasteiger partial charge in [-0.05, 0) is 35.9 Å². The van der Waals surface area contributed by atoms with E-state index in [9.17, 15) is 13.2 Å². The number of benzene rings is 2. The monoisotopic (exact) mass is 373 g/mol. The number of rotatable bonds is 3. The van der Waals surface area contributed by atoms with Crippen molar-refractivity contribution in [2.45, 2.75) is 12.9 Å². The van der Waals surface area contributed by atoms with Gasteiger partial charge in [-0.15, -0.1) is 13.2 Å². The molecule has 0 spiro atoms. The van der Waals surface area contributed by atoms with Gasteiger partial charge in [-0.1, -0.05) is 12.1 Å². The van der Waals surface area contributed by atoms with Crippen molar-refractivity contribution in [3.05, 3.63) is 54.2 Å². The van der Waals surface area contributed by atoms with Crippen LogP contribution in [0.4, 0.5) is 24.9 Å². The number of ether oxygens (including phenoxy) is 1. The van der Waals surface area contributed by atoms with Crippen LogP contribution in [0.15, 0.2) is 48.7 Å². The molecule has 9 heteroatoms. The molecule has 4 aromatic rings. The molecule has 0 bridgehead atoms. The fourth-order valence-corrected chi connectivity index (χ4v) is 3.08. The zero-order chi connectivity index (χ0) is 19.2. The molecule has 2 heterocycles. The first-order valence-corrected chi connectivity index (χ1v) is 7.95. The summed E-state index contributed by atoms with van der Waals surface area (Å²) in [6.07, 6.45) is -2.83. The predicted molar refractivity (Wildman–Crippen MR) is 96.1 cm³/mol. The zero-order valence-electron chi connectivity index (χ0n) is 13.9. The Hall–Kier alpha value is -3.49. The van der Waals surface area contributed by atoms with Gasteiger partial charge in [-0.25, -0.2) is 4.98 Å². The first kappa shape index (κ1) is 17.0. The average molecular weight is 373 g/mol. The van der Waals surface area contributed by atoms with E-state index in [1.165, 1.54) is 12.1 Å². The summed E-state index contributed by atoms with van der Waals surface area (Å²) in [6.45, 7) is 0.469. The number of anilines is 2. The first-order valence-electron chi connectivity index (χ1n) is 7.95. The van der Waals surface area contributed by atoms with E-state index in [4.69, 9.17) is 11.5 Å². The van der Waals surface area contributed by atoms with Gasteiger partial charge in [0.25, 0.3) is 0 Å². The highest BCUT2D eigenvalue weighted by Gasteiger charge is 2.30. The largest absolute Gasteiger partial charge is 0.573 e. The number of nitrogens with zero attached hydrogens (tertiary/aromatic N) is 3. The molecule has 0 aliphatic rings. The molecule has 0 unspecified atom stereocenters. The number of fused-ring (bicyclic) bond motifs is 3. The molecule has 2 aromatic carbocycles. The average Bonchev–Trinajstić information content (AvgIpc) is 2.97. The standard InChI is InChI=1S/C18H14F3N5O/c19-18(20,21)27-11-3-1-10(2-4-11)9-26-8-7-12-14(26)6-5-13-15(12)16(22)25-17(23)24-13/h1-8H,9H2,(H4,22,23,24,25). The van der Waals surface area contributed by atoms with Crippen LogP contribution in [0.3, 0.4) is 0 Å². The molecule has 0 fully saturated rings. The van der Waals surface area contributed by atoms with Crippen molar-refractivity contribution >= 4 is 33.6 Å². The van der Waals surface area contributed by atoms with Gasteiger partial charge in [0, 0.05) is 23.6 Å². The van der Waals surface area contributed by atoms with Crippen molar-refractivity contribution in [2.24, 2.45) is 0 Å². The molecule has 0 saturated carbocycles. The molecule has 4 N–H and O–H groups in total. The second-order valence-corrected chi connectivity index (χ2v) is 5.99. The maximum absolute atomic E-state index is 12.3. The number of halogens is 3. The molecule has 2 aromatic heterocycles. The van der Waals surface area contributed by atoms with E-state index in [1.54, 1.807) is 12.1 Å². The van der Waals surface area contributed by atoms with Gasteiger partial charge >= 0.3 is 6.36 Å². The highest BCUT2D eigenvalue weighted by Crippen LogP contribution is 2.30. The molecule has 138 valence electrons. The van der Waals surface area contributed by atoms with E-state index in [2.05, 4.69) is 14.7 Å². The van der Waals surface area contributed by atoms with E-state index in [0.29, 0.717) is 17.9 Å². The minimum Gasteiger partial charge on any atom is -0.406 e. The summed E-state index contributed by atoms with van der Waals surface area (Å²) in [5.74, 6) is 0.159. The Morgan fingerprint density at radius 3 is 2.41 bits per heavy atom. The lowest BCUT2D eigenvalue weighted by Gasteiger charge is -2.10. The molecule has 27 heavy (non-hydrogen) atoms. The highest BCUT2D eigenvalue weighted by atomic mass is 19.4. The fraction of sp³-hybridized carbons (Fsp3) is 0.111. The number of aromatic nitrogens is 3. The van der Waals surface area contributed by atoms with Crippen LogP contribution in [0, 0.1) is 0 Å². The number of hydrogen-bond acceptors (Lipinski definition) is 5. The van der Waals surface area contributed by atoms with Gasteiger partial charge in [0.2, 0.25) is 5.95 Å². The maximum atomic E-state index is 12.3. The molecular formula is C18H14F3N5O. The predicted octanol–water partition coefficient (Wildman–Crippen LogP) is 3.70. The van der Waals surface area contributed by atoms with Crippen molar-refractivity contribution in [2.75, 3.05) is 11.5 Å². The smallest absolute Gasteiger partial charge is 0.406 e. The molecule has 0 radical (unpaired) electrons. The van der Waals surface area contributed by atoms with Gasteiger partial charge in [0.05, 0.1) is 10.9 Å². The summed E-state index contributed by atoms with van der Waals surface area (Å²) in [6, 6.07) is 11.4. The lowest BCUT2D eigenvalue weighted by molar-refractivity contribution is -0.274. The number of hydrogen-bond donors (Lipinski definition) is 2. The van der Waals surface area contributed by atoms with Crippen molar-refractivity contribution in [1.29, 1.82) is 0 Å².